The fraction of sp³-hybridized carbons (Fsp3) is 0.211. The summed E-state index contributed by atoms with van der Waals surface area (Å²) < 4.78 is 32.8. The van der Waals surface area contributed by atoms with Crippen LogP contribution in [0.15, 0.2) is 60.0 Å². The number of nitrogens with zero attached hydrogens (tertiary/aromatic N) is 1. The lowest BCUT2D eigenvalue weighted by Gasteiger charge is -2.25. The molecule has 2 rings (SSSR count). The van der Waals surface area contributed by atoms with Crippen LogP contribution in [0.5, 0.6) is 5.75 Å². The van der Waals surface area contributed by atoms with Gasteiger partial charge in [-0.2, -0.15) is 0 Å². The van der Waals surface area contributed by atoms with Crippen molar-refractivity contribution >= 4 is 33.2 Å². The Morgan fingerprint density at radius 1 is 1.26 bits per heavy atom. The van der Waals surface area contributed by atoms with Gasteiger partial charge in [-0.25, -0.2) is 8.42 Å². The SMILES string of the molecule is C=CCNC(=O)CN(c1cc(Cl)ccc1OC)S(=O)(=O)c1ccc(C)cc1. The summed E-state index contributed by atoms with van der Waals surface area (Å²) in [7, 11) is -2.61. The topological polar surface area (TPSA) is 75.7 Å². The van der Waals surface area contributed by atoms with Crippen LogP contribution in [-0.4, -0.2) is 34.5 Å². The number of halogens is 1. The molecule has 0 unspecified atom stereocenters. The molecule has 0 bridgehead atoms. The fourth-order valence-electron chi connectivity index (χ4n) is 2.37. The molecular formula is C19H21ClN2O4S. The van der Waals surface area contributed by atoms with Gasteiger partial charge >= 0.3 is 0 Å². The molecule has 0 radical (unpaired) electrons. The molecule has 0 heterocycles. The number of hydrogen-bond acceptors (Lipinski definition) is 4. The predicted molar refractivity (Wildman–Crippen MR) is 107 cm³/mol. The van der Waals surface area contributed by atoms with Gasteiger partial charge < -0.3 is 10.1 Å². The number of carbonyl (C=O) groups is 1. The molecule has 27 heavy (non-hydrogen) atoms. The van der Waals surface area contributed by atoms with E-state index in [9.17, 15) is 13.2 Å². The van der Waals surface area contributed by atoms with Crippen LogP contribution in [0.2, 0.25) is 5.02 Å². The second-order valence-electron chi connectivity index (χ2n) is 5.73. The summed E-state index contributed by atoms with van der Waals surface area (Å²) in [5.74, 6) is -0.195. The Bertz CT molecular complexity index is 927. The molecule has 0 aliphatic carbocycles. The van der Waals surface area contributed by atoms with Gasteiger partial charge in [0.05, 0.1) is 17.7 Å². The van der Waals surface area contributed by atoms with E-state index in [0.717, 1.165) is 9.87 Å². The van der Waals surface area contributed by atoms with Gasteiger partial charge in [0, 0.05) is 11.6 Å². The van der Waals surface area contributed by atoms with E-state index in [2.05, 4.69) is 11.9 Å². The van der Waals surface area contributed by atoms with E-state index < -0.39 is 22.5 Å². The zero-order chi connectivity index (χ0) is 20.0. The standard InChI is InChI=1S/C19H21ClN2O4S/c1-4-11-21-19(23)13-22(17-12-15(20)7-10-18(17)26-3)27(24,25)16-8-5-14(2)6-9-16/h4-10,12H,1,11,13H2,2-3H3,(H,21,23). The maximum absolute atomic E-state index is 13.3. The van der Waals surface area contributed by atoms with Gasteiger partial charge in [0.2, 0.25) is 5.91 Å². The van der Waals surface area contributed by atoms with Crippen molar-refractivity contribution in [3.63, 3.8) is 0 Å². The molecule has 6 nitrogen and oxygen atoms in total. The number of sulfonamides is 1. The Kier molecular flexibility index (Phi) is 6.87. The molecule has 2 aromatic rings. The van der Waals surface area contributed by atoms with Crippen LogP contribution < -0.4 is 14.4 Å². The average molecular weight is 409 g/mol. The summed E-state index contributed by atoms with van der Waals surface area (Å²) in [6, 6.07) is 11.0. The van der Waals surface area contributed by atoms with E-state index in [4.69, 9.17) is 16.3 Å². The molecular weight excluding hydrogens is 388 g/mol. The number of anilines is 1. The highest BCUT2D eigenvalue weighted by molar-refractivity contribution is 7.92. The van der Waals surface area contributed by atoms with Crippen LogP contribution in [0.3, 0.4) is 0 Å². The van der Waals surface area contributed by atoms with Crippen molar-refractivity contribution < 1.29 is 17.9 Å². The maximum atomic E-state index is 13.3. The number of amides is 1. The van der Waals surface area contributed by atoms with Crippen LogP contribution in [0.1, 0.15) is 5.56 Å². The van der Waals surface area contributed by atoms with Crippen molar-refractivity contribution in [3.8, 4) is 5.75 Å². The van der Waals surface area contributed by atoms with Gasteiger partial charge in [0.1, 0.15) is 12.3 Å². The minimum atomic E-state index is -4.03. The molecule has 0 atom stereocenters. The van der Waals surface area contributed by atoms with Gasteiger partial charge in [0.25, 0.3) is 10.0 Å². The van der Waals surface area contributed by atoms with E-state index in [0.29, 0.717) is 5.02 Å². The number of benzene rings is 2. The zero-order valence-corrected chi connectivity index (χ0v) is 16.7. The predicted octanol–water partition coefficient (Wildman–Crippen LogP) is 3.15. The van der Waals surface area contributed by atoms with Gasteiger partial charge in [-0.05, 0) is 37.3 Å². The molecule has 0 aliphatic heterocycles. The highest BCUT2D eigenvalue weighted by Gasteiger charge is 2.29. The van der Waals surface area contributed by atoms with Crippen LogP contribution in [0.4, 0.5) is 5.69 Å². The van der Waals surface area contributed by atoms with Crippen LogP contribution in [0.25, 0.3) is 0 Å². The van der Waals surface area contributed by atoms with E-state index in [-0.39, 0.29) is 22.9 Å². The lowest BCUT2D eigenvalue weighted by Crippen LogP contribution is -2.41. The van der Waals surface area contributed by atoms with Crippen molar-refractivity contribution in [1.82, 2.24) is 5.32 Å². The Morgan fingerprint density at radius 3 is 2.52 bits per heavy atom. The lowest BCUT2D eigenvalue weighted by molar-refractivity contribution is -0.119. The van der Waals surface area contributed by atoms with Crippen molar-refractivity contribution in [2.75, 3.05) is 24.5 Å². The molecule has 144 valence electrons. The minimum Gasteiger partial charge on any atom is -0.495 e. The minimum absolute atomic E-state index is 0.0617. The number of nitrogens with one attached hydrogen (secondary N) is 1. The number of methoxy groups -OCH3 is 1. The molecule has 1 amide bonds. The van der Waals surface area contributed by atoms with E-state index in [1.807, 2.05) is 6.92 Å². The molecule has 2 aromatic carbocycles. The van der Waals surface area contributed by atoms with Gasteiger partial charge in [0.15, 0.2) is 0 Å². The summed E-state index contributed by atoms with van der Waals surface area (Å²) >= 11 is 6.06. The number of hydrogen-bond donors (Lipinski definition) is 1. The zero-order valence-electron chi connectivity index (χ0n) is 15.1. The Labute approximate surface area is 164 Å². The fourth-order valence-corrected chi connectivity index (χ4v) is 3.96. The Morgan fingerprint density at radius 2 is 1.93 bits per heavy atom. The normalized spacial score (nSPS) is 10.9. The van der Waals surface area contributed by atoms with Gasteiger partial charge in [-0.1, -0.05) is 35.4 Å². The quantitative estimate of drug-likeness (QED) is 0.681. The largest absolute Gasteiger partial charge is 0.495 e. The smallest absolute Gasteiger partial charge is 0.264 e. The van der Waals surface area contributed by atoms with Crippen LogP contribution in [0, 0.1) is 6.92 Å². The molecule has 8 heteroatoms. The third-order valence-electron chi connectivity index (χ3n) is 3.75. The summed E-state index contributed by atoms with van der Waals surface area (Å²) in [6.45, 7) is 5.18. The maximum Gasteiger partial charge on any atom is 0.264 e. The van der Waals surface area contributed by atoms with Crippen molar-refractivity contribution in [2.45, 2.75) is 11.8 Å². The molecule has 0 saturated carbocycles. The summed E-state index contributed by atoms with van der Waals surface area (Å²) in [5.41, 5.74) is 1.10. The molecule has 0 aliphatic rings. The van der Waals surface area contributed by atoms with E-state index in [1.165, 1.54) is 31.4 Å². The summed E-state index contributed by atoms with van der Waals surface area (Å²) in [4.78, 5) is 12.3. The van der Waals surface area contributed by atoms with Crippen molar-refractivity contribution in [2.24, 2.45) is 0 Å². The molecule has 0 saturated heterocycles. The second kappa shape index (κ2) is 8.92. The van der Waals surface area contributed by atoms with Gasteiger partial charge in [-0.3, -0.25) is 9.10 Å². The van der Waals surface area contributed by atoms with Crippen molar-refractivity contribution in [1.29, 1.82) is 0 Å². The first kappa shape index (κ1) is 20.8. The summed E-state index contributed by atoms with van der Waals surface area (Å²) in [5, 5.41) is 2.90. The third kappa shape index (κ3) is 5.02. The Hall–Kier alpha value is -2.51. The highest BCUT2D eigenvalue weighted by atomic mass is 35.5. The first-order chi connectivity index (χ1) is 12.8. The molecule has 0 aromatic heterocycles. The highest BCUT2D eigenvalue weighted by Crippen LogP contribution is 2.34. The number of carbonyl (C=O) groups excluding carboxylic acids is 1. The monoisotopic (exact) mass is 408 g/mol. The molecule has 1 N–H and O–H groups in total. The second-order valence-corrected chi connectivity index (χ2v) is 8.03. The summed E-state index contributed by atoms with van der Waals surface area (Å²) in [6.07, 6.45) is 1.51. The van der Waals surface area contributed by atoms with Gasteiger partial charge in [-0.15, -0.1) is 6.58 Å². The number of aryl methyl sites for hydroxylation is 1. The number of ether oxygens (including phenoxy) is 1. The average Bonchev–Trinajstić information content (AvgIpc) is 2.64. The van der Waals surface area contributed by atoms with Crippen molar-refractivity contribution in [3.05, 3.63) is 65.7 Å². The van der Waals surface area contributed by atoms with Crippen LogP contribution >= 0.6 is 11.6 Å². The molecule has 0 fully saturated rings. The first-order valence-corrected chi connectivity index (χ1v) is 9.92. The Balaban J connectivity index is 2.56. The molecule has 0 spiro atoms. The van der Waals surface area contributed by atoms with E-state index >= 15 is 0 Å². The lowest BCUT2D eigenvalue weighted by atomic mass is 10.2. The number of rotatable bonds is 8. The first-order valence-electron chi connectivity index (χ1n) is 8.10. The van der Waals surface area contributed by atoms with E-state index in [1.54, 1.807) is 24.3 Å². The third-order valence-corrected chi connectivity index (χ3v) is 5.76. The van der Waals surface area contributed by atoms with Crippen LogP contribution in [-0.2, 0) is 14.8 Å².